The van der Waals surface area contributed by atoms with Gasteiger partial charge in [0, 0.05) is 18.6 Å². The number of aryl methyl sites for hydroxylation is 2. The van der Waals surface area contributed by atoms with Gasteiger partial charge in [-0.1, -0.05) is 11.6 Å². The van der Waals surface area contributed by atoms with Crippen LogP contribution in [0, 0.1) is 12.3 Å². The topological polar surface area (TPSA) is 29.9 Å². The molecule has 0 atom stereocenters. The van der Waals surface area contributed by atoms with Gasteiger partial charge in [-0.05, 0) is 59.3 Å². The first-order chi connectivity index (χ1) is 8.76. The highest BCUT2D eigenvalue weighted by molar-refractivity contribution is 6.31. The third kappa shape index (κ3) is 3.51. The van der Waals surface area contributed by atoms with E-state index in [1.807, 2.05) is 6.92 Å². The van der Waals surface area contributed by atoms with Crippen LogP contribution in [0.25, 0.3) is 0 Å². The Morgan fingerprint density at radius 2 is 2.00 bits per heavy atom. The molecule has 1 heterocycles. The quantitative estimate of drug-likeness (QED) is 0.895. The van der Waals surface area contributed by atoms with Crippen molar-refractivity contribution in [2.75, 3.05) is 6.54 Å². The highest BCUT2D eigenvalue weighted by Crippen LogP contribution is 2.49. The molecule has 1 aliphatic carbocycles. The molecule has 0 saturated heterocycles. The summed E-state index contributed by atoms with van der Waals surface area (Å²) in [5, 5.41) is 9.01. The molecule has 19 heavy (non-hydrogen) atoms. The first-order valence-electron chi connectivity index (χ1n) is 7.23. The van der Waals surface area contributed by atoms with Gasteiger partial charge in [0.2, 0.25) is 0 Å². The zero-order valence-electron chi connectivity index (χ0n) is 12.8. The summed E-state index contributed by atoms with van der Waals surface area (Å²) in [6, 6.07) is 0. The molecule has 1 saturated carbocycles. The maximum atomic E-state index is 6.41. The van der Waals surface area contributed by atoms with E-state index in [1.54, 1.807) is 0 Å². The smallest absolute Gasteiger partial charge is 0.0847 e. The van der Waals surface area contributed by atoms with Gasteiger partial charge < -0.3 is 5.32 Å². The van der Waals surface area contributed by atoms with E-state index in [9.17, 15) is 0 Å². The zero-order valence-corrected chi connectivity index (χ0v) is 13.6. The van der Waals surface area contributed by atoms with Crippen molar-refractivity contribution in [1.82, 2.24) is 15.1 Å². The van der Waals surface area contributed by atoms with Crippen LogP contribution in [-0.4, -0.2) is 21.9 Å². The Balaban J connectivity index is 2.09. The minimum atomic E-state index is 0.181. The number of nitrogens with zero attached hydrogens (tertiary/aromatic N) is 2. The first-order valence-corrected chi connectivity index (χ1v) is 7.61. The van der Waals surface area contributed by atoms with Gasteiger partial charge in [0.15, 0.2) is 0 Å². The number of hydrogen-bond donors (Lipinski definition) is 1. The van der Waals surface area contributed by atoms with Gasteiger partial charge in [0.25, 0.3) is 0 Å². The van der Waals surface area contributed by atoms with E-state index in [4.69, 9.17) is 11.6 Å². The van der Waals surface area contributed by atoms with Crippen molar-refractivity contribution in [2.24, 2.45) is 5.41 Å². The second-order valence-electron chi connectivity index (χ2n) is 6.94. The normalized spacial score (nSPS) is 17.8. The van der Waals surface area contributed by atoms with E-state index in [0.717, 1.165) is 30.2 Å². The summed E-state index contributed by atoms with van der Waals surface area (Å²) in [6.07, 6.45) is 3.63. The fourth-order valence-corrected chi connectivity index (χ4v) is 2.64. The van der Waals surface area contributed by atoms with E-state index in [-0.39, 0.29) is 5.54 Å². The Hall–Kier alpha value is -0.540. The number of nitrogens with one attached hydrogen (secondary N) is 1. The van der Waals surface area contributed by atoms with Crippen LogP contribution in [0.3, 0.4) is 0 Å². The summed E-state index contributed by atoms with van der Waals surface area (Å²) in [4.78, 5) is 0. The molecular formula is C15H26ClN3. The molecule has 1 N–H and O–H groups in total. The molecule has 0 bridgehead atoms. The van der Waals surface area contributed by atoms with Crippen molar-refractivity contribution >= 4 is 11.6 Å². The van der Waals surface area contributed by atoms with Crippen molar-refractivity contribution in [3.8, 4) is 0 Å². The van der Waals surface area contributed by atoms with E-state index in [1.165, 1.54) is 18.5 Å². The Morgan fingerprint density at radius 1 is 1.37 bits per heavy atom. The second kappa shape index (κ2) is 5.10. The predicted molar refractivity (Wildman–Crippen MR) is 80.8 cm³/mol. The maximum Gasteiger partial charge on any atom is 0.0847 e. The lowest BCUT2D eigenvalue weighted by Gasteiger charge is -2.25. The summed E-state index contributed by atoms with van der Waals surface area (Å²) >= 11 is 6.41. The Morgan fingerprint density at radius 3 is 2.47 bits per heavy atom. The molecule has 0 spiro atoms. The van der Waals surface area contributed by atoms with Gasteiger partial charge in [-0.15, -0.1) is 0 Å². The third-order valence-corrected chi connectivity index (χ3v) is 4.44. The van der Waals surface area contributed by atoms with Crippen molar-refractivity contribution < 1.29 is 0 Å². The summed E-state index contributed by atoms with van der Waals surface area (Å²) in [7, 11) is 0. The highest BCUT2D eigenvalue weighted by atomic mass is 35.5. The van der Waals surface area contributed by atoms with Gasteiger partial charge in [-0.2, -0.15) is 5.10 Å². The van der Waals surface area contributed by atoms with Gasteiger partial charge in [0.05, 0.1) is 16.4 Å². The molecule has 4 heteroatoms. The van der Waals surface area contributed by atoms with Crippen LogP contribution in [-0.2, 0) is 13.0 Å². The maximum absolute atomic E-state index is 6.41. The molecule has 0 aliphatic heterocycles. The fourth-order valence-electron chi connectivity index (χ4n) is 2.44. The molecule has 0 unspecified atom stereocenters. The lowest BCUT2D eigenvalue weighted by Crippen LogP contribution is -2.40. The molecule has 0 radical (unpaired) electrons. The molecular weight excluding hydrogens is 258 g/mol. The average molecular weight is 284 g/mol. The lowest BCUT2D eigenvalue weighted by molar-refractivity contribution is 0.351. The summed E-state index contributed by atoms with van der Waals surface area (Å²) in [5.74, 6) is 0. The number of hydrogen-bond acceptors (Lipinski definition) is 2. The van der Waals surface area contributed by atoms with Crippen LogP contribution >= 0.6 is 11.6 Å². The van der Waals surface area contributed by atoms with Crippen LogP contribution in [0.1, 0.15) is 51.9 Å². The molecule has 3 nitrogen and oxygen atoms in total. The Labute approximate surface area is 121 Å². The largest absolute Gasteiger partial charge is 0.312 e. The van der Waals surface area contributed by atoms with Crippen LogP contribution in [0.4, 0.5) is 0 Å². The molecule has 1 aromatic rings. The number of aromatic nitrogens is 2. The average Bonchev–Trinajstić information content (AvgIpc) is 3.04. The summed E-state index contributed by atoms with van der Waals surface area (Å²) < 4.78 is 2.06. The van der Waals surface area contributed by atoms with Crippen molar-refractivity contribution in [3.63, 3.8) is 0 Å². The summed E-state index contributed by atoms with van der Waals surface area (Å²) in [5.41, 5.74) is 2.75. The minimum Gasteiger partial charge on any atom is -0.312 e. The van der Waals surface area contributed by atoms with Crippen molar-refractivity contribution in [3.05, 3.63) is 16.4 Å². The van der Waals surface area contributed by atoms with E-state index in [2.05, 4.69) is 42.8 Å². The molecule has 0 aromatic carbocycles. The standard InChI is InChI=1S/C15H26ClN3/c1-6-19-12(13(16)11(2)18-19)9-15(7-8-15)10-17-14(3,4)5/h17H,6-10H2,1-5H3. The van der Waals surface area contributed by atoms with Crippen molar-refractivity contribution in [1.29, 1.82) is 0 Å². The van der Waals surface area contributed by atoms with Crippen molar-refractivity contribution in [2.45, 2.75) is 66.0 Å². The van der Waals surface area contributed by atoms with Gasteiger partial charge in [-0.25, -0.2) is 0 Å². The van der Waals surface area contributed by atoms with E-state index < -0.39 is 0 Å². The summed E-state index contributed by atoms with van der Waals surface area (Å²) in [6.45, 7) is 12.7. The molecule has 1 fully saturated rings. The zero-order chi connectivity index (χ0) is 14.3. The first kappa shape index (κ1) is 14.9. The minimum absolute atomic E-state index is 0.181. The monoisotopic (exact) mass is 283 g/mol. The van der Waals surface area contributed by atoms with Gasteiger partial charge in [-0.3, -0.25) is 4.68 Å². The third-order valence-electron chi connectivity index (χ3n) is 3.95. The van der Waals surface area contributed by atoms with E-state index in [0.29, 0.717) is 5.41 Å². The molecule has 1 aromatic heterocycles. The molecule has 0 amide bonds. The van der Waals surface area contributed by atoms with Crippen LogP contribution in [0.2, 0.25) is 5.02 Å². The molecule has 108 valence electrons. The second-order valence-corrected chi connectivity index (χ2v) is 7.32. The number of rotatable bonds is 5. The predicted octanol–water partition coefficient (Wildman–Crippen LogP) is 3.58. The lowest BCUT2D eigenvalue weighted by atomic mass is 9.97. The fraction of sp³-hybridized carbons (Fsp3) is 0.800. The molecule has 2 rings (SSSR count). The highest BCUT2D eigenvalue weighted by Gasteiger charge is 2.44. The Kier molecular flexibility index (Phi) is 3.99. The van der Waals surface area contributed by atoms with E-state index >= 15 is 0 Å². The van der Waals surface area contributed by atoms with Crippen LogP contribution in [0.15, 0.2) is 0 Å². The SMILES string of the molecule is CCn1nc(C)c(Cl)c1CC1(CNC(C)(C)C)CC1. The van der Waals surface area contributed by atoms with Gasteiger partial charge in [0.1, 0.15) is 0 Å². The van der Waals surface area contributed by atoms with Crippen LogP contribution < -0.4 is 5.32 Å². The number of halogens is 1. The van der Waals surface area contributed by atoms with Crippen LogP contribution in [0.5, 0.6) is 0 Å². The Bertz CT molecular complexity index is 453. The molecule has 1 aliphatic rings. The van der Waals surface area contributed by atoms with Gasteiger partial charge >= 0.3 is 0 Å².